The number of furan rings is 1. The second-order valence-corrected chi connectivity index (χ2v) is 24.9. The molecule has 0 spiro atoms. The number of fused-ring (bicyclic) bond motifs is 4. The molecule has 7 aromatic carbocycles. The van der Waals surface area contributed by atoms with Gasteiger partial charge < -0.3 is 14.0 Å². The van der Waals surface area contributed by atoms with E-state index in [-0.39, 0.29) is 25.9 Å². The topological polar surface area (TPSA) is 43.9 Å². The fourth-order valence-corrected chi connectivity index (χ4v) is 10.7. The molecule has 1 saturated carbocycles. The van der Waals surface area contributed by atoms with Gasteiger partial charge in [-0.2, -0.15) is 0 Å². The van der Waals surface area contributed by atoms with Crippen LogP contribution in [0, 0.1) is 17.9 Å². The smallest absolute Gasteiger partial charge is 0.121 e. The first kappa shape index (κ1) is 44.9. The van der Waals surface area contributed by atoms with Crippen LogP contribution in [0.2, 0.25) is 19.6 Å². The van der Waals surface area contributed by atoms with E-state index in [9.17, 15) is 8.50 Å². The number of hydrogen-bond acceptors (Lipinski definition) is 3. The molecule has 0 N–H and O–H groups in total. The molecule has 0 aliphatic heterocycles. The SMILES string of the molecule is C[Si](C)(C)c1ccc(-c2[c-]cc(F)cc2)nc1.[2H]C(C)(C)c1cc(-c2ccc(C3([2H])CCCCC3)cc2)cc(C([2H])(C)C)c1-n1c(-c2[c-]ccc3c2oc2cc(-c4ccccc4)ccc23)nc2ccccc21.[Ir]. The number of pyridine rings is 1. The van der Waals surface area contributed by atoms with E-state index in [1.807, 2.05) is 88.5 Å². The number of imidazole rings is 1. The second kappa shape index (κ2) is 20.6. The van der Waals surface area contributed by atoms with Crippen molar-refractivity contribution in [2.24, 2.45) is 0 Å². The molecule has 0 unspecified atom stereocenters. The van der Waals surface area contributed by atoms with Gasteiger partial charge in [0.1, 0.15) is 5.58 Å². The molecule has 1 fully saturated rings. The summed E-state index contributed by atoms with van der Waals surface area (Å²) in [5, 5.41) is 3.32. The van der Waals surface area contributed by atoms with Gasteiger partial charge in [0.05, 0.1) is 30.5 Å². The molecule has 1 aliphatic carbocycles. The fraction of sp³-hybridized carbons (Fsp3) is 0.238. The summed E-state index contributed by atoms with van der Waals surface area (Å²) >= 11 is 0. The molecule has 11 rings (SSSR count). The molecule has 4 nitrogen and oxygen atoms in total. The maximum absolute atomic E-state index is 12.8. The van der Waals surface area contributed by atoms with Crippen LogP contribution in [0.25, 0.3) is 83.6 Å². The maximum Gasteiger partial charge on any atom is 0.121 e. The Morgan fingerprint density at radius 3 is 2.06 bits per heavy atom. The van der Waals surface area contributed by atoms with Crippen molar-refractivity contribution in [1.82, 2.24) is 14.5 Å². The molecule has 0 amide bonds. The monoisotopic (exact) mass is 1120 g/mol. The van der Waals surface area contributed by atoms with Crippen LogP contribution in [0.15, 0.2) is 162 Å². The summed E-state index contributed by atoms with van der Waals surface area (Å²) in [4.78, 5) is 9.69. The predicted octanol–water partition coefficient (Wildman–Crippen LogP) is 17.3. The standard InChI is InChI=1S/C49H45N2O.C14H15FNSi.Ir/c1-31(2)42-28-38(36-24-22-35(23-25-36)33-14-7-5-8-15-33)29-43(32(3)4)47(42)51-45-21-12-11-20-44(45)50-49(51)41-19-13-18-40-39-27-26-37(30-46(39)52-48(40)41)34-16-9-6-10-17-34;1-17(2,3)13-8-9-14(16-10-13)11-4-6-12(15)7-5-11;/h6,9-13,16-18,20-33H,5,7-8,14-15H2,1-4H3;4,6-10H,1-3H3;/q2*-1;/i31D,32D,33D;;. The fourth-order valence-electron chi connectivity index (χ4n) is 9.67. The zero-order chi connectivity index (χ0) is 50.6. The molecule has 0 saturated heterocycles. The van der Waals surface area contributed by atoms with E-state index in [0.29, 0.717) is 11.4 Å². The molecule has 3 aromatic heterocycles. The summed E-state index contributed by atoms with van der Waals surface area (Å²) < 4.78 is 50.1. The molecule has 10 aromatic rings. The van der Waals surface area contributed by atoms with Crippen molar-refractivity contribution in [1.29, 1.82) is 0 Å². The largest absolute Gasteiger partial charge is 0.501 e. The minimum atomic E-state index is -1.30. The van der Waals surface area contributed by atoms with Crippen molar-refractivity contribution in [3.05, 3.63) is 192 Å². The van der Waals surface area contributed by atoms with Crippen LogP contribution >= 0.6 is 0 Å². The summed E-state index contributed by atoms with van der Waals surface area (Å²) in [5.74, 6) is -2.23. The summed E-state index contributed by atoms with van der Waals surface area (Å²) in [6.45, 7) is 14.5. The Morgan fingerprint density at radius 1 is 0.714 bits per heavy atom. The Kier molecular flexibility index (Phi) is 13.2. The average Bonchev–Trinajstić information content (AvgIpc) is 3.95. The van der Waals surface area contributed by atoms with Crippen LogP contribution in [0.4, 0.5) is 4.39 Å². The normalized spacial score (nSPS) is 14.6. The molecule has 3 heterocycles. The van der Waals surface area contributed by atoms with Crippen molar-refractivity contribution < 1.29 is 33.0 Å². The molecular weight excluding hydrogens is 1050 g/mol. The van der Waals surface area contributed by atoms with E-state index in [4.69, 9.17) is 9.40 Å². The van der Waals surface area contributed by atoms with Gasteiger partial charge in [-0.25, -0.2) is 0 Å². The van der Waals surface area contributed by atoms with Gasteiger partial charge in [0.2, 0.25) is 0 Å². The first-order valence-corrected chi connectivity index (χ1v) is 27.7. The van der Waals surface area contributed by atoms with Crippen molar-refractivity contribution in [2.75, 3.05) is 0 Å². The Labute approximate surface area is 431 Å². The van der Waals surface area contributed by atoms with Gasteiger partial charge in [0.15, 0.2) is 0 Å². The number of aromatic nitrogens is 3. The molecule has 1 aliphatic rings. The molecule has 1 radical (unpaired) electrons. The van der Waals surface area contributed by atoms with Gasteiger partial charge in [-0.05, 0) is 111 Å². The van der Waals surface area contributed by atoms with Crippen LogP contribution < -0.4 is 5.19 Å². The predicted molar refractivity (Wildman–Crippen MR) is 289 cm³/mol. The van der Waals surface area contributed by atoms with E-state index in [1.165, 1.54) is 23.7 Å². The Morgan fingerprint density at radius 2 is 1.40 bits per heavy atom. The molecule has 355 valence electrons. The minimum Gasteiger partial charge on any atom is -0.501 e. The zero-order valence-corrected chi connectivity index (χ0v) is 44.4. The van der Waals surface area contributed by atoms with Crippen molar-refractivity contribution in [2.45, 2.75) is 97.1 Å². The van der Waals surface area contributed by atoms with Crippen molar-refractivity contribution >= 4 is 46.2 Å². The number of nitrogens with zero attached hydrogens (tertiary/aromatic N) is 3. The van der Waals surface area contributed by atoms with Gasteiger partial charge in [0.25, 0.3) is 0 Å². The van der Waals surface area contributed by atoms with Gasteiger partial charge in [-0.15, -0.1) is 48.0 Å². The number of benzene rings is 7. The van der Waals surface area contributed by atoms with Crippen LogP contribution in [0.1, 0.15) is 98.3 Å². The van der Waals surface area contributed by atoms with Crippen LogP contribution in [0.3, 0.4) is 0 Å². The quantitative estimate of drug-likeness (QED) is 0.107. The Bertz CT molecular complexity index is 3530. The third kappa shape index (κ3) is 9.90. The van der Waals surface area contributed by atoms with Crippen molar-refractivity contribution in [3.63, 3.8) is 0 Å². The number of rotatable bonds is 9. The first-order valence-electron chi connectivity index (χ1n) is 25.7. The van der Waals surface area contributed by atoms with E-state index in [2.05, 4.69) is 120 Å². The molecular formula is C63H60FIrN3OSi-2. The van der Waals surface area contributed by atoms with Crippen LogP contribution in [0.5, 0.6) is 0 Å². The number of para-hydroxylation sites is 2. The molecule has 0 atom stereocenters. The van der Waals surface area contributed by atoms with Crippen LogP contribution in [-0.2, 0) is 20.1 Å². The van der Waals surface area contributed by atoms with Gasteiger partial charge in [-0.3, -0.25) is 9.37 Å². The summed E-state index contributed by atoms with van der Waals surface area (Å²) in [5.41, 5.74) is 13.2. The van der Waals surface area contributed by atoms with Gasteiger partial charge in [-0.1, -0.05) is 169 Å². The third-order valence-electron chi connectivity index (χ3n) is 13.5. The van der Waals surface area contributed by atoms with Crippen LogP contribution in [-0.4, -0.2) is 22.6 Å². The number of halogens is 1. The average molecular weight is 1120 g/mol. The molecule has 7 heteroatoms. The van der Waals surface area contributed by atoms with Crippen molar-refractivity contribution in [3.8, 4) is 50.6 Å². The Hall–Kier alpha value is -6.24. The van der Waals surface area contributed by atoms with E-state index < -0.39 is 25.8 Å². The van der Waals surface area contributed by atoms with E-state index in [0.717, 1.165) is 115 Å². The number of hydrogen-bond donors (Lipinski definition) is 0. The molecule has 0 bridgehead atoms. The van der Waals surface area contributed by atoms with E-state index >= 15 is 0 Å². The van der Waals surface area contributed by atoms with Gasteiger partial charge in [0, 0.05) is 47.3 Å². The summed E-state index contributed by atoms with van der Waals surface area (Å²) in [6, 6.07) is 56.4. The second-order valence-electron chi connectivity index (χ2n) is 19.8. The summed E-state index contributed by atoms with van der Waals surface area (Å²) in [6.07, 6.45) is 7.11. The maximum atomic E-state index is 12.8. The van der Waals surface area contributed by atoms with Gasteiger partial charge >= 0.3 is 0 Å². The minimum absolute atomic E-state index is 0. The molecule has 70 heavy (non-hydrogen) atoms. The van der Waals surface area contributed by atoms with E-state index in [1.54, 1.807) is 6.07 Å². The third-order valence-corrected chi connectivity index (χ3v) is 15.5. The summed E-state index contributed by atoms with van der Waals surface area (Å²) in [7, 11) is -1.30. The zero-order valence-electron chi connectivity index (χ0n) is 44.0. The Balaban J connectivity index is 0.000000310. The first-order chi connectivity index (χ1) is 34.4.